The van der Waals surface area contributed by atoms with Gasteiger partial charge in [-0.05, 0) is 30.8 Å². The van der Waals surface area contributed by atoms with Gasteiger partial charge in [0.05, 0.1) is 18.8 Å². The smallest absolute Gasteiger partial charge is 0.177 e. The number of H-pyrrole nitrogens is 1. The number of aryl methyl sites for hydroxylation is 1. The van der Waals surface area contributed by atoms with Crippen molar-refractivity contribution in [2.45, 2.75) is 26.5 Å². The molecule has 0 atom stereocenters. The van der Waals surface area contributed by atoms with Crippen LogP contribution in [0.1, 0.15) is 22.4 Å². The minimum atomic E-state index is 0.0130. The number of hydrogen-bond donors (Lipinski definition) is 2. The van der Waals surface area contributed by atoms with Gasteiger partial charge in [-0.3, -0.25) is 0 Å². The van der Waals surface area contributed by atoms with Crippen LogP contribution >= 0.6 is 23.6 Å². The maximum atomic E-state index is 9.18. The van der Waals surface area contributed by atoms with Gasteiger partial charge in [-0.2, -0.15) is 0 Å². The van der Waals surface area contributed by atoms with E-state index in [1.807, 2.05) is 4.57 Å². The van der Waals surface area contributed by atoms with Gasteiger partial charge in [-0.1, -0.05) is 6.92 Å². The summed E-state index contributed by atoms with van der Waals surface area (Å²) in [4.78, 5) is 5.59. The molecule has 0 aliphatic heterocycles. The van der Waals surface area contributed by atoms with Crippen molar-refractivity contribution in [1.82, 2.24) is 9.55 Å². The van der Waals surface area contributed by atoms with Crippen molar-refractivity contribution >= 4 is 23.6 Å². The molecule has 0 amide bonds. The first-order valence-corrected chi connectivity index (χ1v) is 6.42. The summed E-state index contributed by atoms with van der Waals surface area (Å²) < 4.78 is 2.59. The fourth-order valence-electron chi connectivity index (χ4n) is 1.59. The maximum absolute atomic E-state index is 9.18. The first kappa shape index (κ1) is 11.6. The molecule has 3 nitrogen and oxygen atoms in total. The van der Waals surface area contributed by atoms with E-state index in [1.165, 1.54) is 9.75 Å². The highest BCUT2D eigenvalue weighted by molar-refractivity contribution is 7.71. The quantitative estimate of drug-likeness (QED) is 0.824. The van der Waals surface area contributed by atoms with Gasteiger partial charge in [0, 0.05) is 16.0 Å². The lowest BCUT2D eigenvalue weighted by Gasteiger charge is -2.03. The Morgan fingerprint density at radius 3 is 2.81 bits per heavy atom. The molecule has 2 heterocycles. The lowest BCUT2D eigenvalue weighted by molar-refractivity contribution is 0.271. The van der Waals surface area contributed by atoms with E-state index in [4.69, 9.17) is 12.2 Å². The molecule has 2 aromatic heterocycles. The standard InChI is InChI=1S/C11H14N2OS2/c1-2-9-3-4-10(16-9)6-13-8(7-14)5-12-11(13)15/h3-5,14H,2,6-7H2,1H3,(H,12,15). The van der Waals surface area contributed by atoms with Crippen molar-refractivity contribution in [3.8, 4) is 0 Å². The lowest BCUT2D eigenvalue weighted by Crippen LogP contribution is -2.03. The average Bonchev–Trinajstić information content (AvgIpc) is 2.88. The van der Waals surface area contributed by atoms with E-state index in [0.29, 0.717) is 4.77 Å². The van der Waals surface area contributed by atoms with Crippen LogP contribution in [0.5, 0.6) is 0 Å². The summed E-state index contributed by atoms with van der Waals surface area (Å²) in [5.41, 5.74) is 0.830. The molecule has 2 N–H and O–H groups in total. The highest BCUT2D eigenvalue weighted by Crippen LogP contribution is 2.19. The summed E-state index contributed by atoms with van der Waals surface area (Å²) in [5, 5.41) is 9.18. The molecule has 0 spiro atoms. The molecule has 0 aliphatic carbocycles. The number of aromatic amines is 1. The monoisotopic (exact) mass is 254 g/mol. The second kappa shape index (κ2) is 4.95. The van der Waals surface area contributed by atoms with Crippen LogP contribution in [0.25, 0.3) is 0 Å². The number of nitrogens with one attached hydrogen (secondary N) is 1. The molecule has 16 heavy (non-hydrogen) atoms. The number of aliphatic hydroxyl groups is 1. The summed E-state index contributed by atoms with van der Waals surface area (Å²) in [7, 11) is 0. The molecule has 86 valence electrons. The summed E-state index contributed by atoms with van der Waals surface area (Å²) in [6, 6.07) is 4.27. The Hall–Kier alpha value is -0.910. The van der Waals surface area contributed by atoms with Gasteiger partial charge in [0.15, 0.2) is 4.77 Å². The number of hydrogen-bond acceptors (Lipinski definition) is 3. The summed E-state index contributed by atoms with van der Waals surface area (Å²) in [5.74, 6) is 0. The van der Waals surface area contributed by atoms with E-state index in [0.717, 1.165) is 18.7 Å². The van der Waals surface area contributed by atoms with Crippen molar-refractivity contribution in [3.63, 3.8) is 0 Å². The maximum Gasteiger partial charge on any atom is 0.177 e. The van der Waals surface area contributed by atoms with Crippen molar-refractivity contribution in [3.05, 3.63) is 38.5 Å². The van der Waals surface area contributed by atoms with Gasteiger partial charge in [0.25, 0.3) is 0 Å². The van der Waals surface area contributed by atoms with Crippen LogP contribution in [0.2, 0.25) is 0 Å². The van der Waals surface area contributed by atoms with Gasteiger partial charge in [0.1, 0.15) is 0 Å². The topological polar surface area (TPSA) is 41.0 Å². The molecule has 0 bridgehead atoms. The van der Waals surface area contributed by atoms with Crippen molar-refractivity contribution in [1.29, 1.82) is 0 Å². The van der Waals surface area contributed by atoms with Gasteiger partial charge < -0.3 is 14.7 Å². The van der Waals surface area contributed by atoms with Crippen LogP contribution < -0.4 is 0 Å². The fraction of sp³-hybridized carbons (Fsp3) is 0.364. The first-order chi connectivity index (χ1) is 7.74. The summed E-state index contributed by atoms with van der Waals surface area (Å²) in [6.07, 6.45) is 2.83. The Balaban J connectivity index is 2.26. The Morgan fingerprint density at radius 1 is 1.44 bits per heavy atom. The normalized spacial score (nSPS) is 10.9. The lowest BCUT2D eigenvalue weighted by atomic mass is 10.3. The van der Waals surface area contributed by atoms with E-state index >= 15 is 0 Å². The second-order valence-corrected chi connectivity index (χ2v) is 5.19. The molecule has 0 aliphatic rings. The minimum Gasteiger partial charge on any atom is -0.390 e. The molecule has 0 saturated carbocycles. The van der Waals surface area contributed by atoms with E-state index in [1.54, 1.807) is 17.5 Å². The van der Waals surface area contributed by atoms with Crippen molar-refractivity contribution in [2.24, 2.45) is 0 Å². The second-order valence-electron chi connectivity index (χ2n) is 3.55. The molecule has 2 aromatic rings. The molecular weight excluding hydrogens is 240 g/mol. The largest absolute Gasteiger partial charge is 0.390 e. The molecule has 0 unspecified atom stereocenters. The number of nitrogens with zero attached hydrogens (tertiary/aromatic N) is 1. The zero-order valence-electron chi connectivity index (χ0n) is 9.06. The number of aliphatic hydroxyl groups excluding tert-OH is 1. The van der Waals surface area contributed by atoms with E-state index in [2.05, 4.69) is 24.0 Å². The van der Waals surface area contributed by atoms with E-state index < -0.39 is 0 Å². The SMILES string of the molecule is CCc1ccc(Cn2c(CO)c[nH]c2=S)s1. The Morgan fingerprint density at radius 2 is 2.19 bits per heavy atom. The molecular formula is C11H14N2OS2. The highest BCUT2D eigenvalue weighted by atomic mass is 32.1. The molecule has 0 aromatic carbocycles. The Kier molecular flexibility index (Phi) is 3.58. The number of thiophene rings is 1. The number of aromatic nitrogens is 2. The third-order valence-electron chi connectivity index (χ3n) is 2.50. The third-order valence-corrected chi connectivity index (χ3v) is 4.05. The minimum absolute atomic E-state index is 0.0130. The van der Waals surface area contributed by atoms with Crippen LogP contribution in [-0.2, 0) is 19.6 Å². The number of rotatable bonds is 4. The molecule has 0 saturated heterocycles. The molecule has 2 rings (SSSR count). The van der Waals surface area contributed by atoms with E-state index in [9.17, 15) is 5.11 Å². The average molecular weight is 254 g/mol. The molecule has 0 radical (unpaired) electrons. The zero-order chi connectivity index (χ0) is 11.5. The third kappa shape index (κ3) is 2.26. The Bertz CT molecular complexity index is 524. The zero-order valence-corrected chi connectivity index (χ0v) is 10.7. The summed E-state index contributed by atoms with van der Waals surface area (Å²) in [6.45, 7) is 2.90. The van der Waals surface area contributed by atoms with Crippen LogP contribution in [0.4, 0.5) is 0 Å². The van der Waals surface area contributed by atoms with Gasteiger partial charge >= 0.3 is 0 Å². The van der Waals surface area contributed by atoms with E-state index in [-0.39, 0.29) is 6.61 Å². The molecule has 5 heteroatoms. The highest BCUT2D eigenvalue weighted by Gasteiger charge is 2.05. The van der Waals surface area contributed by atoms with Crippen LogP contribution in [0.3, 0.4) is 0 Å². The van der Waals surface area contributed by atoms with Crippen molar-refractivity contribution < 1.29 is 5.11 Å². The van der Waals surface area contributed by atoms with Crippen LogP contribution in [0.15, 0.2) is 18.3 Å². The van der Waals surface area contributed by atoms with Gasteiger partial charge in [-0.25, -0.2) is 0 Å². The fourth-order valence-corrected chi connectivity index (χ4v) is 2.78. The van der Waals surface area contributed by atoms with Gasteiger partial charge in [-0.15, -0.1) is 11.3 Å². The predicted octanol–water partition coefficient (Wildman–Crippen LogP) is 2.71. The molecule has 0 fully saturated rings. The van der Waals surface area contributed by atoms with Gasteiger partial charge in [0.2, 0.25) is 0 Å². The Labute approximate surface area is 103 Å². The van der Waals surface area contributed by atoms with Crippen LogP contribution in [-0.4, -0.2) is 14.7 Å². The van der Waals surface area contributed by atoms with Crippen molar-refractivity contribution in [2.75, 3.05) is 0 Å². The van der Waals surface area contributed by atoms with Crippen LogP contribution in [0, 0.1) is 4.77 Å². The summed E-state index contributed by atoms with van der Waals surface area (Å²) >= 11 is 6.97. The first-order valence-electron chi connectivity index (χ1n) is 5.20. The number of imidazole rings is 1. The predicted molar refractivity (Wildman–Crippen MR) is 68.3 cm³/mol.